The summed E-state index contributed by atoms with van der Waals surface area (Å²) in [4.78, 5) is 39.2. The number of fused-ring (bicyclic) bond motifs is 1. The average Bonchev–Trinajstić information content (AvgIpc) is 3.36. The molecule has 0 aliphatic carbocycles. The first-order chi connectivity index (χ1) is 18.3. The van der Waals surface area contributed by atoms with Crippen LogP contribution in [0.2, 0.25) is 5.02 Å². The molecule has 1 saturated heterocycles. The number of allylic oxidation sites excluding steroid dienone is 1. The molecule has 3 aromatic carbocycles. The van der Waals surface area contributed by atoms with Crippen LogP contribution in [-0.2, 0) is 22.6 Å². The number of rotatable bonds is 7. The maximum absolute atomic E-state index is 13.2. The van der Waals surface area contributed by atoms with E-state index in [1.165, 1.54) is 12.1 Å². The summed E-state index contributed by atoms with van der Waals surface area (Å²) in [5.74, 6) is 0.492. The highest BCUT2D eigenvalue weighted by molar-refractivity contribution is 6.39. The summed E-state index contributed by atoms with van der Waals surface area (Å²) < 4.78 is 16.8. The van der Waals surface area contributed by atoms with Gasteiger partial charge in [0.2, 0.25) is 6.79 Å². The second-order valence-electron chi connectivity index (χ2n) is 8.73. The van der Waals surface area contributed by atoms with Crippen molar-refractivity contribution in [2.45, 2.75) is 20.0 Å². The molecule has 0 bridgehead atoms. The largest absolute Gasteiger partial charge is 0.489 e. The lowest BCUT2D eigenvalue weighted by Gasteiger charge is -2.26. The number of nitrogens with zero attached hydrogens (tertiary/aromatic N) is 1. The number of carbonyl (C=O) groups excluding carboxylic acids is 3. The summed E-state index contributed by atoms with van der Waals surface area (Å²) in [5.41, 5.74) is 3.20. The maximum atomic E-state index is 13.2. The number of hydrogen-bond donors (Lipinski definition) is 1. The molecule has 0 radical (unpaired) electrons. The quantitative estimate of drug-likeness (QED) is 0.251. The molecule has 0 unspecified atom stereocenters. The Labute approximate surface area is 224 Å². The highest BCUT2D eigenvalue weighted by atomic mass is 35.5. The SMILES string of the molecule is C=CCc1cc(/C=C2/C(=O)NC(=O)N(c3ccc(C)c(Cl)c3)C2=O)ccc1OCc1ccc2c(c1)OCO2. The van der Waals surface area contributed by atoms with E-state index < -0.39 is 17.8 Å². The number of aryl methyl sites for hydroxylation is 1. The molecule has 38 heavy (non-hydrogen) atoms. The zero-order chi connectivity index (χ0) is 26.8. The molecule has 3 aromatic rings. The van der Waals surface area contributed by atoms with E-state index in [0.717, 1.165) is 21.6 Å². The molecule has 1 fully saturated rings. The van der Waals surface area contributed by atoms with Gasteiger partial charge in [0.25, 0.3) is 11.8 Å². The summed E-state index contributed by atoms with van der Waals surface area (Å²) >= 11 is 6.19. The molecule has 0 atom stereocenters. The second-order valence-corrected chi connectivity index (χ2v) is 9.13. The van der Waals surface area contributed by atoms with Crippen LogP contribution in [-0.4, -0.2) is 24.6 Å². The van der Waals surface area contributed by atoms with Crippen molar-refractivity contribution < 1.29 is 28.6 Å². The normalized spacial score (nSPS) is 15.6. The lowest BCUT2D eigenvalue weighted by molar-refractivity contribution is -0.122. The molecule has 4 amide bonds. The molecule has 5 rings (SSSR count). The predicted molar refractivity (Wildman–Crippen MR) is 142 cm³/mol. The van der Waals surface area contributed by atoms with Crippen LogP contribution in [0.15, 0.2) is 72.8 Å². The van der Waals surface area contributed by atoms with E-state index in [2.05, 4.69) is 11.9 Å². The number of nitrogens with one attached hydrogen (secondary N) is 1. The Morgan fingerprint density at radius 1 is 1.05 bits per heavy atom. The van der Waals surface area contributed by atoms with Crippen LogP contribution in [0.1, 0.15) is 22.3 Å². The van der Waals surface area contributed by atoms with Gasteiger partial charge in [-0.25, -0.2) is 9.69 Å². The lowest BCUT2D eigenvalue weighted by atomic mass is 10.0. The highest BCUT2D eigenvalue weighted by Gasteiger charge is 2.37. The summed E-state index contributed by atoms with van der Waals surface area (Å²) in [6.07, 6.45) is 3.68. The molecule has 0 aromatic heterocycles. The van der Waals surface area contributed by atoms with Crippen molar-refractivity contribution in [2.75, 3.05) is 11.7 Å². The zero-order valence-electron chi connectivity index (χ0n) is 20.5. The highest BCUT2D eigenvalue weighted by Crippen LogP contribution is 2.33. The van der Waals surface area contributed by atoms with Crippen molar-refractivity contribution in [2.24, 2.45) is 0 Å². The van der Waals surface area contributed by atoms with E-state index in [-0.39, 0.29) is 18.1 Å². The van der Waals surface area contributed by atoms with Crippen molar-refractivity contribution in [3.05, 3.63) is 100 Å². The Balaban J connectivity index is 1.40. The van der Waals surface area contributed by atoms with E-state index in [0.29, 0.717) is 40.9 Å². The van der Waals surface area contributed by atoms with Crippen molar-refractivity contribution >= 4 is 41.2 Å². The summed E-state index contributed by atoms with van der Waals surface area (Å²) in [6, 6.07) is 14.9. The van der Waals surface area contributed by atoms with Gasteiger partial charge >= 0.3 is 6.03 Å². The van der Waals surface area contributed by atoms with Crippen molar-refractivity contribution in [1.29, 1.82) is 0 Å². The fourth-order valence-corrected chi connectivity index (χ4v) is 4.29. The minimum Gasteiger partial charge on any atom is -0.489 e. The van der Waals surface area contributed by atoms with Gasteiger partial charge < -0.3 is 14.2 Å². The van der Waals surface area contributed by atoms with Crippen molar-refractivity contribution in [3.8, 4) is 17.2 Å². The maximum Gasteiger partial charge on any atom is 0.335 e. The molecule has 192 valence electrons. The molecule has 2 aliphatic rings. The van der Waals surface area contributed by atoms with E-state index in [1.807, 2.05) is 31.2 Å². The van der Waals surface area contributed by atoms with Gasteiger partial charge in [-0.05, 0) is 78.1 Å². The van der Waals surface area contributed by atoms with E-state index in [9.17, 15) is 14.4 Å². The number of carbonyl (C=O) groups is 3. The number of ether oxygens (including phenoxy) is 3. The van der Waals surface area contributed by atoms with E-state index >= 15 is 0 Å². The van der Waals surface area contributed by atoms with Gasteiger partial charge in [0, 0.05) is 5.02 Å². The molecule has 1 N–H and O–H groups in total. The monoisotopic (exact) mass is 530 g/mol. The standard InChI is InChI=1S/C29H23ClN2O6/c1-3-4-20-11-18(6-9-24(20)36-15-19-7-10-25-26(13-19)38-16-37-25)12-22-27(33)31-29(35)32(28(22)34)21-8-5-17(2)23(30)14-21/h3,5-14H,1,4,15-16H2,2H3,(H,31,33,35)/b22-12-. The Morgan fingerprint density at radius 3 is 2.66 bits per heavy atom. The molecular formula is C29H23ClN2O6. The van der Waals surface area contributed by atoms with Gasteiger partial charge in [-0.15, -0.1) is 6.58 Å². The number of benzene rings is 3. The van der Waals surface area contributed by atoms with Gasteiger partial charge in [-0.1, -0.05) is 35.9 Å². The Morgan fingerprint density at radius 2 is 1.87 bits per heavy atom. The van der Waals surface area contributed by atoms with Gasteiger partial charge in [-0.3, -0.25) is 14.9 Å². The topological polar surface area (TPSA) is 94.2 Å². The van der Waals surface area contributed by atoms with Crippen LogP contribution >= 0.6 is 11.6 Å². The third-order valence-electron chi connectivity index (χ3n) is 6.11. The molecule has 0 saturated carbocycles. The average molecular weight is 531 g/mol. The number of halogens is 1. The summed E-state index contributed by atoms with van der Waals surface area (Å²) in [7, 11) is 0. The lowest BCUT2D eigenvalue weighted by Crippen LogP contribution is -2.54. The Bertz CT molecular complexity index is 1510. The van der Waals surface area contributed by atoms with Gasteiger partial charge in [0.05, 0.1) is 5.69 Å². The van der Waals surface area contributed by atoms with Crippen LogP contribution in [0.3, 0.4) is 0 Å². The minimum absolute atomic E-state index is 0.181. The fourth-order valence-electron chi connectivity index (χ4n) is 4.12. The molecule has 8 nitrogen and oxygen atoms in total. The van der Waals surface area contributed by atoms with Crippen LogP contribution in [0.25, 0.3) is 6.08 Å². The summed E-state index contributed by atoms with van der Waals surface area (Å²) in [6.45, 7) is 6.13. The zero-order valence-corrected chi connectivity index (χ0v) is 21.2. The second kappa shape index (κ2) is 10.4. The number of hydrogen-bond acceptors (Lipinski definition) is 6. The van der Waals surface area contributed by atoms with Gasteiger partial charge in [0.15, 0.2) is 11.5 Å². The summed E-state index contributed by atoms with van der Waals surface area (Å²) in [5, 5.41) is 2.62. The predicted octanol–water partition coefficient (Wildman–Crippen LogP) is 5.35. The molecule has 0 spiro atoms. The van der Waals surface area contributed by atoms with Crippen molar-refractivity contribution in [3.63, 3.8) is 0 Å². The smallest absolute Gasteiger partial charge is 0.335 e. The Hall–Kier alpha value is -4.56. The Kier molecular flexibility index (Phi) is 6.89. The first-order valence-corrected chi connectivity index (χ1v) is 12.1. The molecular weight excluding hydrogens is 508 g/mol. The molecule has 2 aliphatic heterocycles. The van der Waals surface area contributed by atoms with Crippen LogP contribution < -0.4 is 24.4 Å². The van der Waals surface area contributed by atoms with Gasteiger partial charge in [0.1, 0.15) is 17.9 Å². The molecule has 9 heteroatoms. The number of urea groups is 1. The number of amides is 4. The van der Waals surface area contributed by atoms with Crippen LogP contribution in [0, 0.1) is 6.92 Å². The number of barbiturate groups is 1. The first kappa shape index (κ1) is 25.1. The van der Waals surface area contributed by atoms with Gasteiger partial charge in [-0.2, -0.15) is 0 Å². The third kappa shape index (κ3) is 4.99. The first-order valence-electron chi connectivity index (χ1n) is 11.8. The fraction of sp³-hybridized carbons (Fsp3) is 0.138. The molecule has 2 heterocycles. The van der Waals surface area contributed by atoms with E-state index in [4.69, 9.17) is 25.8 Å². The number of imide groups is 2. The minimum atomic E-state index is -0.836. The number of anilines is 1. The third-order valence-corrected chi connectivity index (χ3v) is 6.51. The van der Waals surface area contributed by atoms with Crippen LogP contribution in [0.5, 0.6) is 17.2 Å². The van der Waals surface area contributed by atoms with Crippen molar-refractivity contribution in [1.82, 2.24) is 5.32 Å². The van der Waals surface area contributed by atoms with E-state index in [1.54, 1.807) is 30.3 Å². The van der Waals surface area contributed by atoms with Crippen LogP contribution in [0.4, 0.5) is 10.5 Å².